The van der Waals surface area contributed by atoms with Crippen LogP contribution in [0.5, 0.6) is 0 Å². The van der Waals surface area contributed by atoms with Gasteiger partial charge in [-0.05, 0) is 43.3 Å². The van der Waals surface area contributed by atoms with Crippen molar-refractivity contribution in [1.29, 1.82) is 0 Å². The average molecular weight is 218 g/mol. The molecular weight excluding hydrogens is 196 g/mol. The molecule has 1 aliphatic rings. The van der Waals surface area contributed by atoms with Gasteiger partial charge in [0.1, 0.15) is 0 Å². The highest BCUT2D eigenvalue weighted by molar-refractivity contribution is 6.06. The third-order valence-electron chi connectivity index (χ3n) is 3.47. The van der Waals surface area contributed by atoms with Crippen molar-refractivity contribution in [3.63, 3.8) is 0 Å². The monoisotopic (exact) mass is 218 g/mol. The molecule has 0 saturated heterocycles. The fourth-order valence-corrected chi connectivity index (χ4v) is 2.28. The molecule has 1 aliphatic carbocycles. The van der Waals surface area contributed by atoms with Crippen LogP contribution in [0.25, 0.3) is 0 Å². The normalized spacial score (nSPS) is 25.5. The maximum Gasteiger partial charge on any atom is 0.182 e. The summed E-state index contributed by atoms with van der Waals surface area (Å²) in [5, 5.41) is 0. The predicted octanol–water partition coefficient (Wildman–Crippen LogP) is 4.21. The van der Waals surface area contributed by atoms with Crippen molar-refractivity contribution < 1.29 is 4.79 Å². The first-order valence-electron chi connectivity index (χ1n) is 6.14. The number of rotatable bonds is 4. The van der Waals surface area contributed by atoms with Crippen LogP contribution >= 0.6 is 0 Å². The Morgan fingerprint density at radius 2 is 2.19 bits per heavy atom. The molecule has 1 atom stereocenters. The van der Waals surface area contributed by atoms with Crippen molar-refractivity contribution in [1.82, 2.24) is 0 Å². The summed E-state index contributed by atoms with van der Waals surface area (Å²) in [6.45, 7) is 8.43. The Kier molecular flexibility index (Phi) is 4.28. The van der Waals surface area contributed by atoms with E-state index in [1.54, 1.807) is 6.08 Å². The molecule has 0 saturated carbocycles. The van der Waals surface area contributed by atoms with Gasteiger partial charge in [-0.1, -0.05) is 39.0 Å². The summed E-state index contributed by atoms with van der Waals surface area (Å²) in [5.74, 6) is 0.188. The van der Waals surface area contributed by atoms with E-state index in [2.05, 4.69) is 26.0 Å². The van der Waals surface area contributed by atoms with Crippen molar-refractivity contribution in [2.24, 2.45) is 5.41 Å². The molecule has 0 aromatic carbocycles. The quantitative estimate of drug-likeness (QED) is 0.646. The van der Waals surface area contributed by atoms with Crippen LogP contribution in [0.4, 0.5) is 0 Å². The van der Waals surface area contributed by atoms with Gasteiger partial charge < -0.3 is 0 Å². The molecule has 0 fully saturated rings. The molecule has 1 nitrogen and oxygen atoms in total. The second-order valence-electron chi connectivity index (χ2n) is 4.75. The Labute approximate surface area is 98.9 Å². The lowest BCUT2D eigenvalue weighted by molar-refractivity contribution is -0.112. The summed E-state index contributed by atoms with van der Waals surface area (Å²) < 4.78 is 0. The third-order valence-corrected chi connectivity index (χ3v) is 3.47. The number of hydrogen-bond acceptors (Lipinski definition) is 1. The first kappa shape index (κ1) is 13.0. The zero-order valence-electron chi connectivity index (χ0n) is 10.8. The van der Waals surface area contributed by atoms with Crippen LogP contribution in [0.2, 0.25) is 0 Å². The lowest BCUT2D eigenvalue weighted by Crippen LogP contribution is -2.25. The molecule has 0 radical (unpaired) electrons. The molecule has 16 heavy (non-hydrogen) atoms. The molecule has 0 aromatic rings. The van der Waals surface area contributed by atoms with Crippen molar-refractivity contribution in [2.45, 2.75) is 47.0 Å². The standard InChI is InChI=1S/C15H22O/c1-5-7-10-13(16)14-12(3)9-8-11-15(14,4)6-2/h7-10H,5-6,11H2,1-4H3/b10-7+. The van der Waals surface area contributed by atoms with Gasteiger partial charge in [-0.2, -0.15) is 0 Å². The lowest BCUT2D eigenvalue weighted by Gasteiger charge is -2.32. The summed E-state index contributed by atoms with van der Waals surface area (Å²) in [5.41, 5.74) is 2.15. The van der Waals surface area contributed by atoms with Gasteiger partial charge in [0, 0.05) is 5.57 Å². The van der Waals surface area contributed by atoms with Gasteiger partial charge in [0.15, 0.2) is 5.78 Å². The van der Waals surface area contributed by atoms with Crippen LogP contribution < -0.4 is 0 Å². The molecule has 0 spiro atoms. The molecule has 0 N–H and O–H groups in total. The first-order valence-corrected chi connectivity index (χ1v) is 6.14. The number of carbonyl (C=O) groups excluding carboxylic acids is 1. The van der Waals surface area contributed by atoms with E-state index in [1.165, 1.54) is 0 Å². The molecule has 1 heteroatoms. The Morgan fingerprint density at radius 3 is 2.75 bits per heavy atom. The van der Waals surface area contributed by atoms with E-state index in [0.29, 0.717) is 0 Å². The number of hydrogen-bond donors (Lipinski definition) is 0. The van der Waals surface area contributed by atoms with Gasteiger partial charge in [0.05, 0.1) is 0 Å². The zero-order valence-corrected chi connectivity index (χ0v) is 10.8. The molecule has 0 heterocycles. The fraction of sp³-hybridized carbons (Fsp3) is 0.533. The van der Waals surface area contributed by atoms with E-state index in [0.717, 1.165) is 30.4 Å². The lowest BCUT2D eigenvalue weighted by atomic mass is 9.70. The van der Waals surface area contributed by atoms with E-state index >= 15 is 0 Å². The van der Waals surface area contributed by atoms with Crippen molar-refractivity contribution in [2.75, 3.05) is 0 Å². The van der Waals surface area contributed by atoms with Crippen LogP contribution in [-0.2, 0) is 4.79 Å². The average Bonchev–Trinajstić information content (AvgIpc) is 2.26. The molecule has 0 aliphatic heterocycles. The minimum Gasteiger partial charge on any atom is -0.290 e. The van der Waals surface area contributed by atoms with Gasteiger partial charge in [-0.3, -0.25) is 4.79 Å². The van der Waals surface area contributed by atoms with Gasteiger partial charge in [0.2, 0.25) is 0 Å². The van der Waals surface area contributed by atoms with Crippen molar-refractivity contribution >= 4 is 5.78 Å². The molecule has 1 unspecified atom stereocenters. The molecule has 0 amide bonds. The highest BCUT2D eigenvalue weighted by Crippen LogP contribution is 2.40. The summed E-state index contributed by atoms with van der Waals surface area (Å²) in [6, 6.07) is 0. The van der Waals surface area contributed by atoms with E-state index in [-0.39, 0.29) is 11.2 Å². The maximum atomic E-state index is 12.2. The summed E-state index contributed by atoms with van der Waals surface area (Å²) >= 11 is 0. The fourth-order valence-electron chi connectivity index (χ4n) is 2.28. The largest absolute Gasteiger partial charge is 0.290 e. The van der Waals surface area contributed by atoms with Crippen LogP contribution in [-0.4, -0.2) is 5.78 Å². The Bertz CT molecular complexity index is 358. The summed E-state index contributed by atoms with van der Waals surface area (Å²) in [4.78, 5) is 12.2. The molecule has 1 rings (SSSR count). The van der Waals surface area contributed by atoms with Crippen molar-refractivity contribution in [3.8, 4) is 0 Å². The third kappa shape index (κ3) is 2.52. The van der Waals surface area contributed by atoms with Crippen LogP contribution in [0.1, 0.15) is 47.0 Å². The SMILES string of the molecule is CC/C=C/C(=O)C1=C(C)C=CCC1(C)CC. The number of allylic oxidation sites excluding steroid dienone is 6. The van der Waals surface area contributed by atoms with Gasteiger partial charge in [-0.25, -0.2) is 0 Å². The van der Waals surface area contributed by atoms with Crippen LogP contribution in [0.3, 0.4) is 0 Å². The van der Waals surface area contributed by atoms with E-state index in [4.69, 9.17) is 0 Å². The Hall–Kier alpha value is -1.11. The first-order chi connectivity index (χ1) is 7.55. The molecule has 0 bridgehead atoms. The summed E-state index contributed by atoms with van der Waals surface area (Å²) in [7, 11) is 0. The zero-order chi connectivity index (χ0) is 12.2. The molecule has 0 aromatic heterocycles. The van der Waals surface area contributed by atoms with Gasteiger partial charge in [0.25, 0.3) is 0 Å². The van der Waals surface area contributed by atoms with E-state index < -0.39 is 0 Å². The minimum absolute atomic E-state index is 0.0218. The van der Waals surface area contributed by atoms with E-state index in [9.17, 15) is 4.79 Å². The smallest absolute Gasteiger partial charge is 0.182 e. The van der Waals surface area contributed by atoms with Crippen molar-refractivity contribution in [3.05, 3.63) is 35.5 Å². The van der Waals surface area contributed by atoms with Crippen LogP contribution in [0, 0.1) is 5.41 Å². The van der Waals surface area contributed by atoms with Gasteiger partial charge >= 0.3 is 0 Å². The number of carbonyl (C=O) groups is 1. The second-order valence-corrected chi connectivity index (χ2v) is 4.75. The predicted molar refractivity (Wildman–Crippen MR) is 69.3 cm³/mol. The topological polar surface area (TPSA) is 17.1 Å². The minimum atomic E-state index is 0.0218. The Balaban J connectivity index is 3.09. The maximum absolute atomic E-state index is 12.2. The highest BCUT2D eigenvalue weighted by atomic mass is 16.1. The highest BCUT2D eigenvalue weighted by Gasteiger charge is 2.32. The second kappa shape index (κ2) is 5.29. The number of ketones is 1. The van der Waals surface area contributed by atoms with Gasteiger partial charge in [-0.15, -0.1) is 0 Å². The Morgan fingerprint density at radius 1 is 1.50 bits per heavy atom. The molecular formula is C15H22O. The van der Waals surface area contributed by atoms with E-state index in [1.807, 2.05) is 19.9 Å². The summed E-state index contributed by atoms with van der Waals surface area (Å²) in [6.07, 6.45) is 10.8. The van der Waals surface area contributed by atoms with Crippen LogP contribution in [0.15, 0.2) is 35.5 Å². The molecule has 88 valence electrons.